The molecule has 0 saturated heterocycles. The molecule has 0 aliphatic carbocycles. The predicted octanol–water partition coefficient (Wildman–Crippen LogP) is 3.98. The first kappa shape index (κ1) is 20.0. The highest BCUT2D eigenvalue weighted by molar-refractivity contribution is 7.92. The number of nitrogens with one attached hydrogen (secondary N) is 1. The number of halogens is 3. The fraction of sp³-hybridized carbons (Fsp3) is 0.222. The maximum atomic E-state index is 12.6. The smallest absolute Gasteiger partial charge is 0.416 e. The van der Waals surface area contributed by atoms with E-state index in [4.69, 9.17) is 4.74 Å². The van der Waals surface area contributed by atoms with Crippen molar-refractivity contribution in [1.82, 2.24) is 4.72 Å². The maximum absolute atomic E-state index is 12.6. The van der Waals surface area contributed by atoms with Crippen LogP contribution in [0.15, 0.2) is 53.9 Å². The average molecular weight is 385 g/mol. The van der Waals surface area contributed by atoms with Crippen molar-refractivity contribution < 1.29 is 26.3 Å². The van der Waals surface area contributed by atoms with E-state index in [2.05, 4.69) is 4.72 Å². The van der Waals surface area contributed by atoms with Crippen LogP contribution < -0.4 is 9.46 Å². The Hall–Kier alpha value is -2.32. The Labute approximate surface area is 150 Å². The number of sulfonamides is 1. The van der Waals surface area contributed by atoms with Crippen LogP contribution in [-0.4, -0.2) is 21.6 Å². The van der Waals surface area contributed by atoms with Crippen LogP contribution in [0.25, 0.3) is 6.08 Å². The second-order valence-corrected chi connectivity index (χ2v) is 7.18. The Kier molecular flexibility index (Phi) is 6.44. The summed E-state index contributed by atoms with van der Waals surface area (Å²) in [6.45, 7) is 1.76. The summed E-state index contributed by atoms with van der Waals surface area (Å²) in [5.74, 6) is 0.0224. The zero-order chi connectivity index (χ0) is 19.2. The molecule has 2 aromatic rings. The SMILES string of the molecule is Cc1ccc(/C=C/S(=O)(=O)NCCOc2cccc(C(F)(F)F)c2)cc1. The van der Waals surface area contributed by atoms with E-state index in [1.807, 2.05) is 19.1 Å². The summed E-state index contributed by atoms with van der Waals surface area (Å²) in [5, 5.41) is 1.03. The molecular weight excluding hydrogens is 367 g/mol. The van der Waals surface area contributed by atoms with Crippen LogP contribution in [0.2, 0.25) is 0 Å². The lowest BCUT2D eigenvalue weighted by atomic mass is 10.2. The molecular formula is C18H18F3NO3S. The van der Waals surface area contributed by atoms with Crippen LogP contribution in [0.4, 0.5) is 13.2 Å². The van der Waals surface area contributed by atoms with E-state index in [0.29, 0.717) is 0 Å². The van der Waals surface area contributed by atoms with Crippen molar-refractivity contribution in [2.45, 2.75) is 13.1 Å². The molecule has 0 aliphatic heterocycles. The van der Waals surface area contributed by atoms with Crippen molar-refractivity contribution in [3.63, 3.8) is 0 Å². The lowest BCUT2D eigenvalue weighted by Crippen LogP contribution is -2.26. The number of benzene rings is 2. The van der Waals surface area contributed by atoms with Crippen LogP contribution in [0.5, 0.6) is 5.75 Å². The quantitative estimate of drug-likeness (QED) is 0.734. The number of rotatable bonds is 7. The summed E-state index contributed by atoms with van der Waals surface area (Å²) in [5.41, 5.74) is 0.979. The van der Waals surface area contributed by atoms with Crippen molar-refractivity contribution in [3.8, 4) is 5.75 Å². The summed E-state index contributed by atoms with van der Waals surface area (Å²) in [4.78, 5) is 0. The van der Waals surface area contributed by atoms with Gasteiger partial charge in [0.2, 0.25) is 10.0 Å². The predicted molar refractivity (Wildman–Crippen MR) is 94.1 cm³/mol. The highest BCUT2D eigenvalue weighted by Crippen LogP contribution is 2.31. The van der Waals surface area contributed by atoms with Gasteiger partial charge in [-0.15, -0.1) is 0 Å². The third-order valence-corrected chi connectivity index (χ3v) is 4.45. The Morgan fingerprint density at radius 1 is 1.12 bits per heavy atom. The third-order valence-electron chi connectivity index (χ3n) is 3.35. The molecule has 0 fully saturated rings. The lowest BCUT2D eigenvalue weighted by molar-refractivity contribution is -0.137. The number of alkyl halides is 3. The molecule has 0 aliphatic rings. The first-order valence-electron chi connectivity index (χ1n) is 7.70. The van der Waals surface area contributed by atoms with Gasteiger partial charge in [0.25, 0.3) is 0 Å². The highest BCUT2D eigenvalue weighted by Gasteiger charge is 2.30. The molecule has 0 aromatic heterocycles. The van der Waals surface area contributed by atoms with Crippen LogP contribution in [0, 0.1) is 6.92 Å². The Balaban J connectivity index is 1.84. The van der Waals surface area contributed by atoms with E-state index in [1.165, 1.54) is 18.2 Å². The van der Waals surface area contributed by atoms with Crippen LogP contribution in [0.1, 0.15) is 16.7 Å². The molecule has 8 heteroatoms. The van der Waals surface area contributed by atoms with Gasteiger partial charge in [-0.2, -0.15) is 13.2 Å². The minimum atomic E-state index is -4.46. The van der Waals surface area contributed by atoms with Gasteiger partial charge in [0.15, 0.2) is 0 Å². The van der Waals surface area contributed by atoms with Crippen molar-refractivity contribution in [2.75, 3.05) is 13.2 Å². The fourth-order valence-corrected chi connectivity index (χ4v) is 2.81. The lowest BCUT2D eigenvalue weighted by Gasteiger charge is -2.10. The topological polar surface area (TPSA) is 55.4 Å². The van der Waals surface area contributed by atoms with E-state index in [9.17, 15) is 21.6 Å². The summed E-state index contributed by atoms with van der Waals surface area (Å²) in [7, 11) is -3.67. The molecule has 26 heavy (non-hydrogen) atoms. The van der Waals surface area contributed by atoms with Gasteiger partial charge >= 0.3 is 6.18 Å². The van der Waals surface area contributed by atoms with E-state index < -0.39 is 21.8 Å². The van der Waals surface area contributed by atoms with Gasteiger partial charge in [0.1, 0.15) is 12.4 Å². The number of hydrogen-bond acceptors (Lipinski definition) is 3. The number of aryl methyl sites for hydroxylation is 1. The molecule has 0 spiro atoms. The summed E-state index contributed by atoms with van der Waals surface area (Å²) in [6, 6.07) is 11.7. The Morgan fingerprint density at radius 3 is 2.46 bits per heavy atom. The highest BCUT2D eigenvalue weighted by atomic mass is 32.2. The molecule has 0 bridgehead atoms. The Bertz CT molecular complexity index is 860. The van der Waals surface area contributed by atoms with Crippen LogP contribution in [0.3, 0.4) is 0 Å². The van der Waals surface area contributed by atoms with Crippen molar-refractivity contribution in [2.24, 2.45) is 0 Å². The first-order valence-corrected chi connectivity index (χ1v) is 9.25. The van der Waals surface area contributed by atoms with Gasteiger partial charge in [0, 0.05) is 12.0 Å². The van der Waals surface area contributed by atoms with E-state index in [1.54, 1.807) is 12.1 Å². The number of hydrogen-bond donors (Lipinski definition) is 1. The summed E-state index contributed by atoms with van der Waals surface area (Å²) in [6.07, 6.45) is -3.00. The van der Waals surface area contributed by atoms with Crippen LogP contribution >= 0.6 is 0 Å². The summed E-state index contributed by atoms with van der Waals surface area (Å²) >= 11 is 0. The molecule has 4 nitrogen and oxygen atoms in total. The van der Waals surface area contributed by atoms with Gasteiger partial charge < -0.3 is 4.74 Å². The summed E-state index contributed by atoms with van der Waals surface area (Å²) < 4.78 is 69.0. The van der Waals surface area contributed by atoms with Crippen molar-refractivity contribution in [3.05, 3.63) is 70.6 Å². The Morgan fingerprint density at radius 2 is 1.81 bits per heavy atom. The van der Waals surface area contributed by atoms with Crippen molar-refractivity contribution in [1.29, 1.82) is 0 Å². The molecule has 0 atom stereocenters. The monoisotopic (exact) mass is 385 g/mol. The zero-order valence-corrected chi connectivity index (χ0v) is 14.8. The average Bonchev–Trinajstić information content (AvgIpc) is 2.58. The molecule has 0 unspecified atom stereocenters. The zero-order valence-electron chi connectivity index (χ0n) is 14.0. The minimum absolute atomic E-state index is 0.0224. The molecule has 0 heterocycles. The molecule has 2 rings (SSSR count). The van der Waals surface area contributed by atoms with Gasteiger partial charge in [-0.3, -0.25) is 0 Å². The number of ether oxygens (including phenoxy) is 1. The van der Waals surface area contributed by atoms with E-state index in [0.717, 1.165) is 28.7 Å². The normalized spacial score (nSPS) is 12.5. The van der Waals surface area contributed by atoms with Crippen molar-refractivity contribution >= 4 is 16.1 Å². The van der Waals surface area contributed by atoms with E-state index in [-0.39, 0.29) is 18.9 Å². The minimum Gasteiger partial charge on any atom is -0.492 e. The molecule has 0 amide bonds. The second kappa shape index (κ2) is 8.37. The molecule has 2 aromatic carbocycles. The largest absolute Gasteiger partial charge is 0.492 e. The molecule has 0 saturated carbocycles. The fourth-order valence-electron chi connectivity index (χ4n) is 2.01. The third kappa shape index (κ3) is 6.53. The van der Waals surface area contributed by atoms with Gasteiger partial charge in [-0.25, -0.2) is 13.1 Å². The molecule has 1 N–H and O–H groups in total. The first-order chi connectivity index (χ1) is 12.2. The molecule has 0 radical (unpaired) electrons. The van der Waals surface area contributed by atoms with Gasteiger partial charge in [-0.05, 0) is 36.8 Å². The van der Waals surface area contributed by atoms with E-state index >= 15 is 0 Å². The standard InChI is InChI=1S/C18H18F3NO3S/c1-14-5-7-15(8-6-14)9-12-26(23,24)22-10-11-25-17-4-2-3-16(13-17)18(19,20)21/h2-9,12-13,22H,10-11H2,1H3/b12-9+. The van der Waals surface area contributed by atoms with Crippen LogP contribution in [-0.2, 0) is 16.2 Å². The maximum Gasteiger partial charge on any atom is 0.416 e. The van der Waals surface area contributed by atoms with Gasteiger partial charge in [0.05, 0.1) is 5.56 Å². The molecule has 140 valence electrons. The van der Waals surface area contributed by atoms with Gasteiger partial charge in [-0.1, -0.05) is 35.9 Å². The second-order valence-electron chi connectivity index (χ2n) is 5.53.